The van der Waals surface area contributed by atoms with Gasteiger partial charge in [-0.15, -0.1) is 0 Å². The van der Waals surface area contributed by atoms with Crippen molar-refractivity contribution in [2.75, 3.05) is 35.4 Å². The van der Waals surface area contributed by atoms with Gasteiger partial charge in [-0.3, -0.25) is 13.9 Å². The predicted octanol–water partition coefficient (Wildman–Crippen LogP) is 3.12. The van der Waals surface area contributed by atoms with Crippen molar-refractivity contribution in [1.29, 1.82) is 0 Å². The first-order valence-corrected chi connectivity index (χ1v) is 13.2. The van der Waals surface area contributed by atoms with E-state index in [2.05, 4.69) is 0 Å². The van der Waals surface area contributed by atoms with Crippen molar-refractivity contribution in [3.63, 3.8) is 0 Å². The summed E-state index contributed by atoms with van der Waals surface area (Å²) in [5, 5.41) is 0. The van der Waals surface area contributed by atoms with Crippen LogP contribution in [0.15, 0.2) is 47.4 Å². The van der Waals surface area contributed by atoms with E-state index in [9.17, 15) is 18.0 Å². The molecule has 2 aromatic carbocycles. The second kappa shape index (κ2) is 8.82. The summed E-state index contributed by atoms with van der Waals surface area (Å²) >= 11 is 0. The molecular formula is C25H29N3O4S. The average molecular weight is 468 g/mol. The molecule has 0 radical (unpaired) electrons. The Morgan fingerprint density at radius 2 is 1.48 bits per heavy atom. The molecule has 0 saturated carbocycles. The molecule has 0 unspecified atom stereocenters. The van der Waals surface area contributed by atoms with E-state index in [4.69, 9.17) is 0 Å². The van der Waals surface area contributed by atoms with E-state index in [0.29, 0.717) is 25.9 Å². The van der Waals surface area contributed by atoms with Crippen molar-refractivity contribution in [2.45, 2.75) is 49.8 Å². The number of anilines is 2. The number of sulfonamides is 1. The van der Waals surface area contributed by atoms with E-state index in [1.54, 1.807) is 23.1 Å². The molecule has 33 heavy (non-hydrogen) atoms. The number of piperidine rings is 1. The zero-order chi connectivity index (χ0) is 23.0. The van der Waals surface area contributed by atoms with E-state index in [1.807, 2.05) is 29.2 Å². The molecule has 0 aliphatic carbocycles. The van der Waals surface area contributed by atoms with Gasteiger partial charge < -0.3 is 9.80 Å². The van der Waals surface area contributed by atoms with Gasteiger partial charge in [0.1, 0.15) is 0 Å². The van der Waals surface area contributed by atoms with E-state index in [-0.39, 0.29) is 29.6 Å². The Labute approximate surface area is 195 Å². The number of amides is 2. The van der Waals surface area contributed by atoms with Crippen LogP contribution in [-0.2, 0) is 32.5 Å². The lowest BCUT2D eigenvalue weighted by Crippen LogP contribution is -2.37. The molecule has 8 heteroatoms. The van der Waals surface area contributed by atoms with Crippen LogP contribution in [-0.4, -0.2) is 51.3 Å². The van der Waals surface area contributed by atoms with Crippen LogP contribution in [0.5, 0.6) is 0 Å². The minimum atomic E-state index is -3.67. The first-order valence-electron chi connectivity index (χ1n) is 11.8. The lowest BCUT2D eigenvalue weighted by atomic mass is 10.1. The molecule has 3 heterocycles. The van der Waals surface area contributed by atoms with Crippen molar-refractivity contribution < 1.29 is 18.0 Å². The number of hydrogen-bond donors (Lipinski definition) is 0. The first kappa shape index (κ1) is 21.9. The number of benzene rings is 2. The summed E-state index contributed by atoms with van der Waals surface area (Å²) in [6, 6.07) is 12.6. The van der Waals surface area contributed by atoms with Gasteiger partial charge in [-0.1, -0.05) is 18.2 Å². The lowest BCUT2D eigenvalue weighted by molar-refractivity contribution is -0.133. The zero-order valence-electron chi connectivity index (χ0n) is 18.7. The summed E-state index contributed by atoms with van der Waals surface area (Å²) in [7, 11) is -3.67. The fourth-order valence-electron chi connectivity index (χ4n) is 5.13. The van der Waals surface area contributed by atoms with Gasteiger partial charge in [-0.25, -0.2) is 8.42 Å². The van der Waals surface area contributed by atoms with E-state index in [0.717, 1.165) is 54.9 Å². The van der Waals surface area contributed by atoms with Gasteiger partial charge in [0.15, 0.2) is 0 Å². The Morgan fingerprint density at radius 3 is 2.30 bits per heavy atom. The summed E-state index contributed by atoms with van der Waals surface area (Å²) < 4.78 is 28.2. The maximum atomic E-state index is 13.3. The number of hydrogen-bond acceptors (Lipinski definition) is 4. The number of likely N-dealkylation sites (tertiary alicyclic amines) is 1. The summed E-state index contributed by atoms with van der Waals surface area (Å²) in [6.45, 7) is 2.53. The predicted molar refractivity (Wildman–Crippen MR) is 127 cm³/mol. The van der Waals surface area contributed by atoms with Gasteiger partial charge in [-0.05, 0) is 67.5 Å². The molecule has 0 aromatic heterocycles. The van der Waals surface area contributed by atoms with Gasteiger partial charge in [0.25, 0.3) is 10.0 Å². The monoisotopic (exact) mass is 467 g/mol. The molecule has 1 fully saturated rings. The molecule has 0 spiro atoms. The normalized spacial score (nSPS) is 17.8. The minimum absolute atomic E-state index is 0.0507. The Kier molecular flexibility index (Phi) is 5.86. The van der Waals surface area contributed by atoms with Crippen LogP contribution < -0.4 is 9.21 Å². The number of rotatable bonds is 5. The highest BCUT2D eigenvalue weighted by Gasteiger charge is 2.33. The molecule has 5 rings (SSSR count). The van der Waals surface area contributed by atoms with Crippen molar-refractivity contribution in [3.8, 4) is 0 Å². The van der Waals surface area contributed by atoms with Crippen LogP contribution in [0.3, 0.4) is 0 Å². The lowest BCUT2D eigenvalue weighted by Gasteiger charge is -2.27. The maximum Gasteiger partial charge on any atom is 0.264 e. The SMILES string of the molecule is O=C(CCC(=O)N1CCc2cc(S(=O)(=O)N3CCc4ccccc43)ccc21)N1CCCCC1. The smallest absolute Gasteiger partial charge is 0.264 e. The Balaban J connectivity index is 1.28. The molecule has 0 atom stereocenters. The van der Waals surface area contributed by atoms with Crippen LogP contribution in [0.4, 0.5) is 11.4 Å². The highest BCUT2D eigenvalue weighted by molar-refractivity contribution is 7.92. The first-order chi connectivity index (χ1) is 15.9. The quantitative estimate of drug-likeness (QED) is 0.677. The molecule has 2 aromatic rings. The average Bonchev–Trinajstić information content (AvgIpc) is 3.47. The zero-order valence-corrected chi connectivity index (χ0v) is 19.5. The highest BCUT2D eigenvalue weighted by Crippen LogP contribution is 2.36. The number of fused-ring (bicyclic) bond motifs is 2. The molecule has 0 N–H and O–H groups in total. The Bertz CT molecular complexity index is 1190. The second-order valence-electron chi connectivity index (χ2n) is 8.98. The second-order valence-corrected chi connectivity index (χ2v) is 10.8. The number of carbonyl (C=O) groups excluding carboxylic acids is 2. The number of carbonyl (C=O) groups is 2. The number of para-hydroxylation sites is 1. The summed E-state index contributed by atoms with van der Waals surface area (Å²) in [6.07, 6.45) is 4.96. The summed E-state index contributed by atoms with van der Waals surface area (Å²) in [5.41, 5.74) is 3.40. The van der Waals surface area contributed by atoms with Crippen LogP contribution in [0, 0.1) is 0 Å². The third-order valence-corrected chi connectivity index (χ3v) is 8.75. The van der Waals surface area contributed by atoms with E-state index >= 15 is 0 Å². The van der Waals surface area contributed by atoms with Crippen molar-refractivity contribution >= 4 is 33.2 Å². The van der Waals surface area contributed by atoms with E-state index in [1.165, 1.54) is 4.31 Å². The van der Waals surface area contributed by atoms with Gasteiger partial charge in [-0.2, -0.15) is 0 Å². The van der Waals surface area contributed by atoms with Crippen molar-refractivity contribution in [3.05, 3.63) is 53.6 Å². The largest absolute Gasteiger partial charge is 0.343 e. The minimum Gasteiger partial charge on any atom is -0.343 e. The molecule has 1 saturated heterocycles. The summed E-state index contributed by atoms with van der Waals surface area (Å²) in [5.74, 6) is -0.0296. The van der Waals surface area contributed by atoms with Gasteiger partial charge in [0, 0.05) is 44.7 Å². The van der Waals surface area contributed by atoms with Crippen molar-refractivity contribution in [2.24, 2.45) is 0 Å². The summed E-state index contributed by atoms with van der Waals surface area (Å²) in [4.78, 5) is 29.1. The Hall–Kier alpha value is -2.87. The Morgan fingerprint density at radius 1 is 0.758 bits per heavy atom. The third-order valence-electron chi connectivity index (χ3n) is 6.94. The molecule has 174 valence electrons. The fraction of sp³-hybridized carbons (Fsp3) is 0.440. The van der Waals surface area contributed by atoms with Gasteiger partial charge >= 0.3 is 0 Å². The third kappa shape index (κ3) is 4.12. The topological polar surface area (TPSA) is 78.0 Å². The number of nitrogens with zero attached hydrogens (tertiary/aromatic N) is 3. The molecule has 3 aliphatic heterocycles. The molecule has 0 bridgehead atoms. The molecular weight excluding hydrogens is 438 g/mol. The van der Waals surface area contributed by atoms with Gasteiger partial charge in [0.05, 0.1) is 10.6 Å². The van der Waals surface area contributed by atoms with Crippen LogP contribution >= 0.6 is 0 Å². The molecule has 7 nitrogen and oxygen atoms in total. The highest BCUT2D eigenvalue weighted by atomic mass is 32.2. The van der Waals surface area contributed by atoms with Crippen LogP contribution in [0.25, 0.3) is 0 Å². The van der Waals surface area contributed by atoms with Crippen molar-refractivity contribution in [1.82, 2.24) is 4.90 Å². The van der Waals surface area contributed by atoms with Crippen LogP contribution in [0.2, 0.25) is 0 Å². The van der Waals surface area contributed by atoms with E-state index < -0.39 is 10.0 Å². The standard InChI is InChI=1S/C25H29N3O4S/c29-24(26-14-4-1-5-15-26)10-11-25(30)27-16-12-20-18-21(8-9-22(20)27)33(31,32)28-17-13-19-6-2-3-7-23(19)28/h2-3,6-9,18H,1,4-5,10-17H2. The molecule has 2 amide bonds. The van der Waals surface area contributed by atoms with Crippen LogP contribution in [0.1, 0.15) is 43.2 Å². The fourth-order valence-corrected chi connectivity index (χ4v) is 6.69. The maximum absolute atomic E-state index is 13.3. The molecule has 3 aliphatic rings. The van der Waals surface area contributed by atoms with Gasteiger partial charge in [0.2, 0.25) is 11.8 Å².